The van der Waals surface area contributed by atoms with Crippen LogP contribution in [0.15, 0.2) is 29.4 Å². The van der Waals surface area contributed by atoms with E-state index in [9.17, 15) is 4.79 Å². The molecular weight excluding hydrogens is 344 g/mol. The van der Waals surface area contributed by atoms with Gasteiger partial charge in [-0.1, -0.05) is 75.6 Å². The number of aromatic nitrogens is 3. The van der Waals surface area contributed by atoms with E-state index in [4.69, 9.17) is 0 Å². The Bertz CT molecular complexity index is 669. The molecule has 0 saturated heterocycles. The maximum absolute atomic E-state index is 12.1. The second-order valence-electron chi connectivity index (χ2n) is 6.62. The largest absolute Gasteiger partial charge is 0.353 e. The van der Waals surface area contributed by atoms with Crippen LogP contribution in [0.25, 0.3) is 11.4 Å². The molecule has 0 aliphatic rings. The third-order valence-electron chi connectivity index (χ3n) is 4.33. The molecule has 0 aliphatic heterocycles. The molecule has 142 valence electrons. The van der Waals surface area contributed by atoms with Crippen LogP contribution in [0.4, 0.5) is 0 Å². The van der Waals surface area contributed by atoms with Crippen LogP contribution in [-0.2, 0) is 11.2 Å². The molecule has 0 spiro atoms. The van der Waals surface area contributed by atoms with Crippen LogP contribution in [0.2, 0.25) is 0 Å². The van der Waals surface area contributed by atoms with E-state index in [1.807, 2.05) is 12.1 Å². The van der Waals surface area contributed by atoms with E-state index in [0.29, 0.717) is 10.9 Å². The van der Waals surface area contributed by atoms with E-state index < -0.39 is 0 Å². The summed E-state index contributed by atoms with van der Waals surface area (Å²) in [6.07, 6.45) is 6.97. The van der Waals surface area contributed by atoms with Crippen molar-refractivity contribution in [3.8, 4) is 11.4 Å². The quantitative estimate of drug-likeness (QED) is 0.445. The molecule has 1 aromatic heterocycles. The zero-order valence-electron chi connectivity index (χ0n) is 16.0. The van der Waals surface area contributed by atoms with Gasteiger partial charge < -0.3 is 5.32 Å². The Hall–Kier alpha value is -1.82. The van der Waals surface area contributed by atoms with Crippen LogP contribution in [0, 0.1) is 0 Å². The van der Waals surface area contributed by atoms with Gasteiger partial charge in [0, 0.05) is 11.6 Å². The average molecular weight is 375 g/mol. The molecule has 0 radical (unpaired) electrons. The third kappa shape index (κ3) is 6.83. The number of nitrogens with one attached hydrogen (secondary N) is 2. The summed E-state index contributed by atoms with van der Waals surface area (Å²) in [7, 11) is 0. The number of hydrogen-bond acceptors (Lipinski definition) is 4. The molecule has 0 fully saturated rings. The molecule has 6 heteroatoms. The lowest BCUT2D eigenvalue weighted by atomic mass is 10.1. The molecule has 2 aromatic rings. The van der Waals surface area contributed by atoms with Gasteiger partial charge in [-0.2, -0.15) is 0 Å². The van der Waals surface area contributed by atoms with Gasteiger partial charge in [0.1, 0.15) is 0 Å². The van der Waals surface area contributed by atoms with Crippen molar-refractivity contribution in [3.05, 3.63) is 29.8 Å². The average Bonchev–Trinajstić information content (AvgIpc) is 3.13. The van der Waals surface area contributed by atoms with Crippen molar-refractivity contribution < 1.29 is 4.79 Å². The normalized spacial score (nSPS) is 12.1. The Labute approximate surface area is 160 Å². The smallest absolute Gasteiger partial charge is 0.230 e. The Morgan fingerprint density at radius 2 is 1.96 bits per heavy atom. The molecule has 5 nitrogen and oxygen atoms in total. The standard InChI is InChI=1S/C20H30N4OS/c1-4-6-7-8-9-15(3)21-18(25)14-26-20-22-19(23-24-20)17-12-10-16(5-2)11-13-17/h10-13,15H,4-9,14H2,1-3H3,(H,21,25)(H,22,23,24)/t15-/m0/s1. The Morgan fingerprint density at radius 1 is 1.19 bits per heavy atom. The van der Waals surface area contributed by atoms with Crippen molar-refractivity contribution in [1.82, 2.24) is 20.5 Å². The highest BCUT2D eigenvalue weighted by Crippen LogP contribution is 2.19. The highest BCUT2D eigenvalue weighted by Gasteiger charge is 2.11. The molecule has 1 heterocycles. The van der Waals surface area contributed by atoms with Gasteiger partial charge in [0.05, 0.1) is 5.75 Å². The van der Waals surface area contributed by atoms with Gasteiger partial charge >= 0.3 is 0 Å². The SMILES string of the molecule is CCCCCC[C@H](C)NC(=O)CSc1n[nH]c(-c2ccc(CC)cc2)n1. The van der Waals surface area contributed by atoms with Gasteiger partial charge in [-0.05, 0) is 25.3 Å². The van der Waals surface area contributed by atoms with Crippen LogP contribution >= 0.6 is 11.8 Å². The zero-order valence-corrected chi connectivity index (χ0v) is 16.9. The topological polar surface area (TPSA) is 70.7 Å². The maximum Gasteiger partial charge on any atom is 0.230 e. The number of H-pyrrole nitrogens is 1. The monoisotopic (exact) mass is 374 g/mol. The van der Waals surface area contributed by atoms with Crippen molar-refractivity contribution >= 4 is 17.7 Å². The number of unbranched alkanes of at least 4 members (excludes halogenated alkanes) is 3. The fourth-order valence-electron chi connectivity index (χ4n) is 2.73. The number of amides is 1. The zero-order chi connectivity index (χ0) is 18.8. The fourth-order valence-corrected chi connectivity index (χ4v) is 3.34. The predicted molar refractivity (Wildman–Crippen MR) is 108 cm³/mol. The molecule has 2 N–H and O–H groups in total. The molecule has 0 aliphatic carbocycles. The first kappa shape index (κ1) is 20.5. The molecule has 0 saturated carbocycles. The van der Waals surface area contributed by atoms with E-state index in [1.54, 1.807) is 0 Å². The highest BCUT2D eigenvalue weighted by molar-refractivity contribution is 7.99. The lowest BCUT2D eigenvalue weighted by Gasteiger charge is -2.13. The van der Waals surface area contributed by atoms with E-state index in [0.717, 1.165) is 24.2 Å². The minimum atomic E-state index is 0.0386. The van der Waals surface area contributed by atoms with Crippen molar-refractivity contribution in [2.75, 3.05) is 5.75 Å². The number of carbonyl (C=O) groups excluding carboxylic acids is 1. The summed E-state index contributed by atoms with van der Waals surface area (Å²) in [6.45, 7) is 6.41. The fraction of sp³-hybridized carbons (Fsp3) is 0.550. The predicted octanol–water partition coefficient (Wildman–Crippen LogP) is 4.60. The Kier molecular flexibility index (Phi) is 8.68. The molecule has 0 unspecified atom stereocenters. The lowest BCUT2D eigenvalue weighted by molar-refractivity contribution is -0.119. The molecule has 0 bridgehead atoms. The van der Waals surface area contributed by atoms with E-state index >= 15 is 0 Å². The minimum absolute atomic E-state index is 0.0386. The first-order valence-electron chi connectivity index (χ1n) is 9.56. The molecule has 26 heavy (non-hydrogen) atoms. The van der Waals surface area contributed by atoms with Crippen LogP contribution < -0.4 is 5.32 Å². The van der Waals surface area contributed by atoms with Gasteiger partial charge in [0.15, 0.2) is 5.82 Å². The number of thioether (sulfide) groups is 1. The lowest BCUT2D eigenvalue weighted by Crippen LogP contribution is -2.33. The van der Waals surface area contributed by atoms with Gasteiger partial charge in [-0.15, -0.1) is 5.10 Å². The first-order chi connectivity index (χ1) is 12.6. The van der Waals surface area contributed by atoms with Crippen LogP contribution in [0.3, 0.4) is 0 Å². The number of benzene rings is 1. The van der Waals surface area contributed by atoms with Gasteiger partial charge in [0.25, 0.3) is 0 Å². The van der Waals surface area contributed by atoms with Crippen LogP contribution in [0.1, 0.15) is 58.4 Å². The summed E-state index contributed by atoms with van der Waals surface area (Å²) in [5, 5.41) is 10.8. The number of carbonyl (C=O) groups is 1. The highest BCUT2D eigenvalue weighted by atomic mass is 32.2. The summed E-state index contributed by atoms with van der Waals surface area (Å²) in [5.74, 6) is 1.11. The molecule has 1 amide bonds. The molecule has 2 rings (SSSR count). The number of nitrogens with zero attached hydrogens (tertiary/aromatic N) is 2. The second kappa shape index (κ2) is 11.0. The summed E-state index contributed by atoms with van der Waals surface area (Å²) in [5.41, 5.74) is 2.30. The summed E-state index contributed by atoms with van der Waals surface area (Å²) >= 11 is 1.36. The van der Waals surface area contributed by atoms with E-state index in [-0.39, 0.29) is 11.9 Å². The van der Waals surface area contributed by atoms with E-state index in [1.165, 1.54) is 43.0 Å². The molecule has 1 aromatic carbocycles. The molecule has 1 atom stereocenters. The van der Waals surface area contributed by atoms with Crippen molar-refractivity contribution in [1.29, 1.82) is 0 Å². The summed E-state index contributed by atoms with van der Waals surface area (Å²) in [6, 6.07) is 8.50. The Balaban J connectivity index is 1.75. The van der Waals surface area contributed by atoms with Gasteiger partial charge in [0.2, 0.25) is 11.1 Å². The first-order valence-corrected chi connectivity index (χ1v) is 10.5. The number of rotatable bonds is 11. The maximum atomic E-state index is 12.1. The number of aryl methyl sites for hydroxylation is 1. The Morgan fingerprint density at radius 3 is 2.65 bits per heavy atom. The molecular formula is C20H30N4OS. The van der Waals surface area contributed by atoms with Gasteiger partial charge in [-0.3, -0.25) is 9.89 Å². The van der Waals surface area contributed by atoms with E-state index in [2.05, 4.69) is 53.4 Å². The number of hydrogen-bond donors (Lipinski definition) is 2. The van der Waals surface area contributed by atoms with Crippen molar-refractivity contribution in [2.24, 2.45) is 0 Å². The summed E-state index contributed by atoms with van der Waals surface area (Å²) < 4.78 is 0. The summed E-state index contributed by atoms with van der Waals surface area (Å²) in [4.78, 5) is 16.5. The number of aromatic amines is 1. The van der Waals surface area contributed by atoms with Crippen LogP contribution in [0.5, 0.6) is 0 Å². The van der Waals surface area contributed by atoms with Crippen molar-refractivity contribution in [2.45, 2.75) is 70.5 Å². The minimum Gasteiger partial charge on any atom is -0.353 e. The third-order valence-corrected chi connectivity index (χ3v) is 5.18. The van der Waals surface area contributed by atoms with Crippen molar-refractivity contribution in [3.63, 3.8) is 0 Å². The second-order valence-corrected chi connectivity index (χ2v) is 7.57. The van der Waals surface area contributed by atoms with Gasteiger partial charge in [-0.25, -0.2) is 4.98 Å². The van der Waals surface area contributed by atoms with Crippen LogP contribution in [-0.4, -0.2) is 32.9 Å².